The summed E-state index contributed by atoms with van der Waals surface area (Å²) in [6.07, 6.45) is 6.29. The predicted octanol–water partition coefficient (Wildman–Crippen LogP) is 4.71. The number of halogens is 1. The van der Waals surface area contributed by atoms with Gasteiger partial charge in [-0.2, -0.15) is 0 Å². The molecule has 26 heavy (non-hydrogen) atoms. The summed E-state index contributed by atoms with van der Waals surface area (Å²) in [4.78, 5) is 11.8. The Labute approximate surface area is 152 Å². The van der Waals surface area contributed by atoms with Crippen molar-refractivity contribution in [1.29, 1.82) is 0 Å². The molecule has 0 aliphatic carbocycles. The summed E-state index contributed by atoms with van der Waals surface area (Å²) in [7, 11) is 0. The van der Waals surface area contributed by atoms with E-state index in [2.05, 4.69) is 5.92 Å². The number of carbonyl (C=O) groups is 1. The summed E-state index contributed by atoms with van der Waals surface area (Å²) in [5, 5.41) is 0. The topological polar surface area (TPSA) is 44.8 Å². The molecule has 0 amide bonds. The summed E-state index contributed by atoms with van der Waals surface area (Å²) >= 11 is 0. The molecule has 2 aromatic rings. The van der Waals surface area contributed by atoms with E-state index < -0.39 is 17.9 Å². The third kappa shape index (κ3) is 5.52. The van der Waals surface area contributed by atoms with Crippen LogP contribution >= 0.6 is 0 Å². The highest BCUT2D eigenvalue weighted by atomic mass is 19.1. The molecule has 2 aromatic carbocycles. The summed E-state index contributed by atoms with van der Waals surface area (Å²) in [5.41, 5.74) is 0.443. The Hall–Kier alpha value is -3.00. The number of unbranched alkanes of at least 4 members (excludes halogenated alkanes) is 1. The summed E-state index contributed by atoms with van der Waals surface area (Å²) < 4.78 is 30.0. The van der Waals surface area contributed by atoms with Gasteiger partial charge in [0.2, 0.25) is 0 Å². The highest BCUT2D eigenvalue weighted by Crippen LogP contribution is 2.27. The van der Waals surface area contributed by atoms with E-state index in [0.29, 0.717) is 23.7 Å². The van der Waals surface area contributed by atoms with Crippen molar-refractivity contribution >= 4 is 5.97 Å². The third-order valence-electron chi connectivity index (χ3n) is 3.54. The first kappa shape index (κ1) is 19.3. The number of rotatable bonds is 8. The molecule has 4 nitrogen and oxygen atoms in total. The van der Waals surface area contributed by atoms with Crippen LogP contribution in [0.25, 0.3) is 0 Å². The van der Waals surface area contributed by atoms with Gasteiger partial charge in [0.05, 0.1) is 6.61 Å². The molecule has 1 atom stereocenters. The van der Waals surface area contributed by atoms with E-state index in [4.69, 9.17) is 20.6 Å². The van der Waals surface area contributed by atoms with Gasteiger partial charge < -0.3 is 14.2 Å². The van der Waals surface area contributed by atoms with E-state index in [9.17, 15) is 9.18 Å². The van der Waals surface area contributed by atoms with Crippen molar-refractivity contribution < 1.29 is 23.4 Å². The van der Waals surface area contributed by atoms with Crippen LogP contribution in [0.1, 0.15) is 32.3 Å². The Balaban J connectivity index is 1.94. The van der Waals surface area contributed by atoms with Crippen molar-refractivity contribution in [2.24, 2.45) is 0 Å². The first-order chi connectivity index (χ1) is 12.5. The maximum Gasteiger partial charge on any atom is 0.347 e. The lowest BCUT2D eigenvalue weighted by atomic mass is 10.2. The summed E-state index contributed by atoms with van der Waals surface area (Å²) in [5.74, 6) is 2.41. The van der Waals surface area contributed by atoms with Crippen LogP contribution in [-0.2, 0) is 9.53 Å². The number of carbonyl (C=O) groups excluding carboxylic acids is 1. The Morgan fingerprint density at radius 3 is 2.50 bits per heavy atom. The molecule has 0 radical (unpaired) electrons. The van der Waals surface area contributed by atoms with E-state index in [1.807, 2.05) is 6.92 Å². The molecule has 0 aliphatic rings. The van der Waals surface area contributed by atoms with Gasteiger partial charge in [-0.25, -0.2) is 9.18 Å². The zero-order valence-corrected chi connectivity index (χ0v) is 14.8. The Kier molecular flexibility index (Phi) is 7.04. The second kappa shape index (κ2) is 9.47. The fourth-order valence-corrected chi connectivity index (χ4v) is 2.07. The Morgan fingerprint density at radius 2 is 1.88 bits per heavy atom. The minimum absolute atomic E-state index is 0.0746. The number of hydrogen-bond acceptors (Lipinski definition) is 4. The smallest absolute Gasteiger partial charge is 0.347 e. The van der Waals surface area contributed by atoms with Crippen LogP contribution in [0.3, 0.4) is 0 Å². The predicted molar refractivity (Wildman–Crippen MR) is 96.8 cm³/mol. The molecule has 0 aromatic heterocycles. The van der Waals surface area contributed by atoms with Crippen LogP contribution in [0.15, 0.2) is 42.5 Å². The molecule has 0 spiro atoms. The standard InChI is InChI=1S/C21H21FO4/c1-4-6-13-24-21(23)15(3)25-17-8-10-18(11-9-17)26-20-12-7-16(5-2)14-19(20)22/h2,7-12,14-15H,4,6,13H2,1,3H3/t15-/m1/s1. The fraction of sp³-hybridized carbons (Fsp3) is 0.286. The van der Waals surface area contributed by atoms with Crippen LogP contribution in [-0.4, -0.2) is 18.7 Å². The van der Waals surface area contributed by atoms with Crippen LogP contribution in [0, 0.1) is 18.2 Å². The second-order valence-corrected chi connectivity index (χ2v) is 5.64. The van der Waals surface area contributed by atoms with Crippen LogP contribution < -0.4 is 9.47 Å². The van der Waals surface area contributed by atoms with E-state index >= 15 is 0 Å². The molecule has 0 saturated heterocycles. The van der Waals surface area contributed by atoms with E-state index in [1.165, 1.54) is 12.1 Å². The normalized spacial score (nSPS) is 11.3. The minimum Gasteiger partial charge on any atom is -0.479 e. The van der Waals surface area contributed by atoms with Crippen molar-refractivity contribution in [2.75, 3.05) is 6.61 Å². The molecule has 0 heterocycles. The zero-order chi connectivity index (χ0) is 18.9. The summed E-state index contributed by atoms with van der Waals surface area (Å²) in [6.45, 7) is 4.04. The minimum atomic E-state index is -0.715. The van der Waals surface area contributed by atoms with E-state index in [-0.39, 0.29) is 5.75 Å². The van der Waals surface area contributed by atoms with Crippen molar-refractivity contribution in [2.45, 2.75) is 32.8 Å². The van der Waals surface area contributed by atoms with Crippen LogP contribution in [0.4, 0.5) is 4.39 Å². The van der Waals surface area contributed by atoms with Gasteiger partial charge in [0.1, 0.15) is 11.5 Å². The molecule has 136 valence electrons. The first-order valence-corrected chi connectivity index (χ1v) is 8.41. The molecule has 2 rings (SSSR count). The van der Waals surface area contributed by atoms with Gasteiger partial charge in [0, 0.05) is 5.56 Å². The van der Waals surface area contributed by atoms with Crippen molar-refractivity contribution in [3.05, 3.63) is 53.8 Å². The Bertz CT molecular complexity index is 778. The molecule has 0 fully saturated rings. The van der Waals surface area contributed by atoms with Gasteiger partial charge in [-0.1, -0.05) is 19.3 Å². The molecule has 0 bridgehead atoms. The molecule has 0 N–H and O–H groups in total. The van der Waals surface area contributed by atoms with Crippen molar-refractivity contribution in [3.8, 4) is 29.6 Å². The van der Waals surface area contributed by atoms with Crippen LogP contribution in [0.2, 0.25) is 0 Å². The number of benzene rings is 2. The number of terminal acetylenes is 1. The van der Waals surface area contributed by atoms with Gasteiger partial charge in [0.25, 0.3) is 0 Å². The quantitative estimate of drug-likeness (QED) is 0.390. The van der Waals surface area contributed by atoms with Gasteiger partial charge >= 0.3 is 5.97 Å². The molecule has 0 unspecified atom stereocenters. The molecular weight excluding hydrogens is 335 g/mol. The average molecular weight is 356 g/mol. The molecule has 0 saturated carbocycles. The molecular formula is C21H21FO4. The number of ether oxygens (including phenoxy) is 3. The lowest BCUT2D eigenvalue weighted by Gasteiger charge is -2.14. The lowest BCUT2D eigenvalue weighted by Crippen LogP contribution is -2.26. The average Bonchev–Trinajstić information content (AvgIpc) is 2.65. The van der Waals surface area contributed by atoms with Crippen molar-refractivity contribution in [1.82, 2.24) is 0 Å². The zero-order valence-electron chi connectivity index (χ0n) is 14.8. The van der Waals surface area contributed by atoms with Gasteiger partial charge in [-0.3, -0.25) is 0 Å². The second-order valence-electron chi connectivity index (χ2n) is 5.64. The Morgan fingerprint density at radius 1 is 1.19 bits per heavy atom. The first-order valence-electron chi connectivity index (χ1n) is 8.41. The largest absolute Gasteiger partial charge is 0.479 e. The van der Waals surface area contributed by atoms with Crippen molar-refractivity contribution in [3.63, 3.8) is 0 Å². The summed E-state index contributed by atoms with van der Waals surface area (Å²) in [6, 6.07) is 10.8. The van der Waals surface area contributed by atoms with Gasteiger partial charge in [-0.05, 0) is 55.8 Å². The monoisotopic (exact) mass is 356 g/mol. The highest BCUT2D eigenvalue weighted by molar-refractivity contribution is 5.74. The van der Waals surface area contributed by atoms with Crippen LogP contribution in [0.5, 0.6) is 17.2 Å². The fourth-order valence-electron chi connectivity index (χ4n) is 2.07. The van der Waals surface area contributed by atoms with E-state index in [0.717, 1.165) is 12.8 Å². The number of esters is 1. The van der Waals surface area contributed by atoms with Gasteiger partial charge in [-0.15, -0.1) is 6.42 Å². The third-order valence-corrected chi connectivity index (χ3v) is 3.54. The molecule has 0 aliphatic heterocycles. The SMILES string of the molecule is C#Cc1ccc(Oc2ccc(O[C@H](C)C(=O)OCCCC)cc2)c(F)c1. The molecule has 5 heteroatoms. The maximum atomic E-state index is 13.9. The lowest BCUT2D eigenvalue weighted by molar-refractivity contribution is -0.151. The highest BCUT2D eigenvalue weighted by Gasteiger charge is 2.16. The van der Waals surface area contributed by atoms with E-state index in [1.54, 1.807) is 37.3 Å². The number of hydrogen-bond donors (Lipinski definition) is 0. The maximum absolute atomic E-state index is 13.9. The van der Waals surface area contributed by atoms with Gasteiger partial charge in [0.15, 0.2) is 17.7 Å².